The molecule has 1 aliphatic rings. The molecular weight excluding hydrogens is 402 g/mol. The van der Waals surface area contributed by atoms with Gasteiger partial charge in [0, 0.05) is 42.1 Å². The molecule has 162 valence electrons. The van der Waals surface area contributed by atoms with E-state index >= 15 is 0 Å². The van der Waals surface area contributed by atoms with Gasteiger partial charge in [-0.25, -0.2) is 14.5 Å². The van der Waals surface area contributed by atoms with Crippen molar-refractivity contribution >= 4 is 28.4 Å². The molecule has 3 aromatic heterocycles. The van der Waals surface area contributed by atoms with Crippen molar-refractivity contribution < 1.29 is 4.79 Å². The fraction of sp³-hybridized carbons (Fsp3) is 0.250. The van der Waals surface area contributed by atoms with Crippen LogP contribution >= 0.6 is 0 Å². The first-order valence-corrected chi connectivity index (χ1v) is 10.8. The Balaban J connectivity index is 1.20. The van der Waals surface area contributed by atoms with Gasteiger partial charge < -0.3 is 10.2 Å². The molecule has 0 radical (unpaired) electrons. The van der Waals surface area contributed by atoms with E-state index in [-0.39, 0.29) is 12.1 Å². The van der Waals surface area contributed by atoms with Crippen LogP contribution in [0.3, 0.4) is 0 Å². The maximum absolute atomic E-state index is 12.5. The number of nitrogens with zero attached hydrogens (tertiary/aromatic N) is 5. The maximum atomic E-state index is 12.5. The van der Waals surface area contributed by atoms with Crippen LogP contribution in [0.1, 0.15) is 18.5 Å². The summed E-state index contributed by atoms with van der Waals surface area (Å²) < 4.78 is 1.82. The molecule has 1 aromatic carbocycles. The molecule has 5 rings (SSSR count). The van der Waals surface area contributed by atoms with E-state index in [2.05, 4.69) is 54.9 Å². The van der Waals surface area contributed by atoms with Crippen LogP contribution in [-0.2, 0) is 0 Å². The van der Waals surface area contributed by atoms with Crippen molar-refractivity contribution in [2.45, 2.75) is 25.8 Å². The smallest absolute Gasteiger partial charge is 0.320 e. The number of pyridine rings is 2. The van der Waals surface area contributed by atoms with Crippen LogP contribution < -0.4 is 15.5 Å². The van der Waals surface area contributed by atoms with E-state index in [1.54, 1.807) is 18.6 Å². The molecular formula is C24H25N7O. The molecule has 1 saturated heterocycles. The second-order valence-corrected chi connectivity index (χ2v) is 8.04. The Hall–Kier alpha value is -3.94. The molecule has 0 saturated carbocycles. The number of hydrogen-bond acceptors (Lipinski definition) is 5. The number of rotatable bonds is 4. The summed E-state index contributed by atoms with van der Waals surface area (Å²) in [6.07, 6.45) is 7.08. The first-order chi connectivity index (χ1) is 15.7. The van der Waals surface area contributed by atoms with Crippen molar-refractivity contribution in [3.05, 3.63) is 72.8 Å². The molecule has 32 heavy (non-hydrogen) atoms. The lowest BCUT2D eigenvalue weighted by molar-refractivity contribution is 0.246. The normalized spacial score (nSPS) is 14.5. The highest BCUT2D eigenvalue weighted by molar-refractivity contribution is 5.91. The Morgan fingerprint density at radius 2 is 1.81 bits per heavy atom. The lowest BCUT2D eigenvalue weighted by Crippen LogP contribution is -2.46. The number of carbonyl (C=O) groups excluding carboxylic acids is 1. The van der Waals surface area contributed by atoms with Crippen LogP contribution in [0.25, 0.3) is 16.6 Å². The zero-order valence-corrected chi connectivity index (χ0v) is 17.9. The number of hydrogen-bond donors (Lipinski definition) is 2. The van der Waals surface area contributed by atoms with Crippen LogP contribution in [0, 0.1) is 6.92 Å². The van der Waals surface area contributed by atoms with E-state index in [4.69, 9.17) is 0 Å². The van der Waals surface area contributed by atoms with Crippen LogP contribution in [-0.4, -0.2) is 44.9 Å². The highest BCUT2D eigenvalue weighted by Crippen LogP contribution is 2.21. The molecule has 8 heteroatoms. The topological polar surface area (TPSA) is 88.0 Å². The third-order valence-electron chi connectivity index (χ3n) is 5.77. The number of fused-ring (bicyclic) bond motifs is 1. The minimum atomic E-state index is -0.229. The van der Waals surface area contributed by atoms with Crippen LogP contribution in [0.4, 0.5) is 16.3 Å². The second-order valence-electron chi connectivity index (χ2n) is 8.04. The van der Waals surface area contributed by atoms with E-state index in [0.29, 0.717) is 5.82 Å². The Bertz CT molecular complexity index is 1230. The summed E-state index contributed by atoms with van der Waals surface area (Å²) >= 11 is 0. The predicted octanol–water partition coefficient (Wildman–Crippen LogP) is 3.91. The number of aromatic nitrogens is 4. The van der Waals surface area contributed by atoms with E-state index in [9.17, 15) is 4.79 Å². The molecule has 4 heterocycles. The van der Waals surface area contributed by atoms with Crippen molar-refractivity contribution in [1.29, 1.82) is 0 Å². The van der Waals surface area contributed by atoms with Gasteiger partial charge in [0.05, 0.1) is 23.6 Å². The van der Waals surface area contributed by atoms with Gasteiger partial charge in [-0.1, -0.05) is 18.2 Å². The molecule has 0 unspecified atom stereocenters. The number of carbonyl (C=O) groups is 1. The SMILES string of the molecule is Cc1cc(-n2ncc3cc(NC(=O)NC4CCN(c5ccccc5)CC4)ncc32)ccn1. The summed E-state index contributed by atoms with van der Waals surface area (Å²) in [6.45, 7) is 3.79. The van der Waals surface area contributed by atoms with Crippen LogP contribution in [0.2, 0.25) is 0 Å². The quantitative estimate of drug-likeness (QED) is 0.516. The van der Waals surface area contributed by atoms with E-state index in [1.807, 2.05) is 35.9 Å². The van der Waals surface area contributed by atoms with Gasteiger partial charge in [0.1, 0.15) is 5.82 Å². The Kier molecular flexibility index (Phi) is 5.41. The molecule has 0 bridgehead atoms. The van der Waals surface area contributed by atoms with Gasteiger partial charge >= 0.3 is 6.03 Å². The molecule has 1 fully saturated rings. The number of urea groups is 1. The Morgan fingerprint density at radius 3 is 2.59 bits per heavy atom. The molecule has 0 atom stereocenters. The number of para-hydroxylation sites is 1. The predicted molar refractivity (Wildman–Crippen MR) is 125 cm³/mol. The summed E-state index contributed by atoms with van der Waals surface area (Å²) in [5.41, 5.74) is 3.95. The highest BCUT2D eigenvalue weighted by Gasteiger charge is 2.21. The average Bonchev–Trinajstić information content (AvgIpc) is 3.23. The third-order valence-corrected chi connectivity index (χ3v) is 5.77. The molecule has 2 amide bonds. The monoisotopic (exact) mass is 427 g/mol. The van der Waals surface area contributed by atoms with Crippen molar-refractivity contribution in [2.75, 3.05) is 23.3 Å². The van der Waals surface area contributed by atoms with E-state index < -0.39 is 0 Å². The molecule has 1 aliphatic heterocycles. The third kappa shape index (κ3) is 4.25. The fourth-order valence-electron chi connectivity index (χ4n) is 4.12. The highest BCUT2D eigenvalue weighted by atomic mass is 16.2. The van der Waals surface area contributed by atoms with Crippen LogP contribution in [0.15, 0.2) is 67.1 Å². The zero-order chi connectivity index (χ0) is 21.9. The molecule has 0 spiro atoms. The van der Waals surface area contributed by atoms with Crippen molar-refractivity contribution in [1.82, 2.24) is 25.1 Å². The number of anilines is 2. The van der Waals surface area contributed by atoms with Gasteiger partial charge in [-0.05, 0) is 50.1 Å². The van der Waals surface area contributed by atoms with Crippen molar-refractivity contribution in [3.8, 4) is 5.69 Å². The number of benzene rings is 1. The lowest BCUT2D eigenvalue weighted by Gasteiger charge is -2.33. The lowest BCUT2D eigenvalue weighted by atomic mass is 10.0. The van der Waals surface area contributed by atoms with Gasteiger partial charge in [0.25, 0.3) is 0 Å². The van der Waals surface area contributed by atoms with Gasteiger partial charge in [-0.3, -0.25) is 10.3 Å². The number of amides is 2. The standard InChI is InChI=1S/C24H25N7O/c1-17-13-21(7-10-25-17)31-22-16-26-23(14-18(22)15-27-31)29-24(32)28-19-8-11-30(12-9-19)20-5-3-2-4-6-20/h2-7,10,13-16,19H,8-9,11-12H2,1H3,(H2,26,28,29,32). The largest absolute Gasteiger partial charge is 0.371 e. The van der Waals surface area contributed by atoms with Gasteiger partial charge in [-0.15, -0.1) is 0 Å². The molecule has 0 aliphatic carbocycles. The Morgan fingerprint density at radius 1 is 1.00 bits per heavy atom. The van der Waals surface area contributed by atoms with Gasteiger partial charge in [-0.2, -0.15) is 5.10 Å². The first-order valence-electron chi connectivity index (χ1n) is 10.8. The summed E-state index contributed by atoms with van der Waals surface area (Å²) in [5, 5.41) is 11.3. The second kappa shape index (κ2) is 8.66. The van der Waals surface area contributed by atoms with Crippen molar-refractivity contribution in [3.63, 3.8) is 0 Å². The molecule has 4 aromatic rings. The summed E-state index contributed by atoms with van der Waals surface area (Å²) in [5.74, 6) is 0.502. The van der Waals surface area contributed by atoms with Crippen molar-refractivity contribution in [2.24, 2.45) is 0 Å². The van der Waals surface area contributed by atoms with E-state index in [1.165, 1.54) is 5.69 Å². The van der Waals surface area contributed by atoms with Gasteiger partial charge in [0.2, 0.25) is 0 Å². The zero-order valence-electron chi connectivity index (χ0n) is 17.9. The number of piperidine rings is 1. The number of aryl methyl sites for hydroxylation is 1. The van der Waals surface area contributed by atoms with Crippen LogP contribution in [0.5, 0.6) is 0 Å². The molecule has 8 nitrogen and oxygen atoms in total. The van der Waals surface area contributed by atoms with Gasteiger partial charge in [0.15, 0.2) is 0 Å². The summed E-state index contributed by atoms with van der Waals surface area (Å²) in [7, 11) is 0. The Labute approximate surface area is 186 Å². The summed E-state index contributed by atoms with van der Waals surface area (Å²) in [4.78, 5) is 23.5. The van der Waals surface area contributed by atoms with E-state index in [0.717, 1.165) is 48.2 Å². The minimum absolute atomic E-state index is 0.149. The fourth-order valence-corrected chi connectivity index (χ4v) is 4.12. The molecule has 2 N–H and O–H groups in total. The minimum Gasteiger partial charge on any atom is -0.371 e. The first kappa shape index (κ1) is 20.0. The maximum Gasteiger partial charge on any atom is 0.320 e. The summed E-state index contributed by atoms with van der Waals surface area (Å²) in [6, 6.07) is 16.0. The number of nitrogens with one attached hydrogen (secondary N) is 2. The average molecular weight is 428 g/mol.